The van der Waals surface area contributed by atoms with Gasteiger partial charge in [-0.05, 0) is 12.5 Å². The van der Waals surface area contributed by atoms with Crippen LogP contribution in [0.3, 0.4) is 0 Å². The fraction of sp³-hybridized carbons (Fsp3) is 0.444. The van der Waals surface area contributed by atoms with Gasteiger partial charge < -0.3 is 19.2 Å². The van der Waals surface area contributed by atoms with E-state index in [1.54, 1.807) is 11.8 Å². The molecule has 1 amide bonds. The van der Waals surface area contributed by atoms with Crippen LogP contribution in [0.5, 0.6) is 0 Å². The van der Waals surface area contributed by atoms with Crippen LogP contribution in [0, 0.1) is 6.92 Å². The standard InChI is InChI=1S/C18H22N2O4/c1-3-15-19-12(2)17(24-15)18(22)20-9-10-23-14(11-21)16(20)13-7-5-4-6-8-13/h4-8,14,16,21H,3,9-11H2,1-2H3/t14-,16-/m1/s1. The number of ether oxygens (including phenoxy) is 1. The molecule has 128 valence electrons. The van der Waals surface area contributed by atoms with Crippen molar-refractivity contribution in [1.82, 2.24) is 9.88 Å². The quantitative estimate of drug-likeness (QED) is 0.929. The van der Waals surface area contributed by atoms with Gasteiger partial charge in [0.15, 0.2) is 5.89 Å². The monoisotopic (exact) mass is 330 g/mol. The summed E-state index contributed by atoms with van der Waals surface area (Å²) in [6.45, 7) is 4.38. The number of amides is 1. The lowest BCUT2D eigenvalue weighted by Gasteiger charge is -2.40. The van der Waals surface area contributed by atoms with E-state index in [-0.39, 0.29) is 24.3 Å². The Labute approximate surface area is 141 Å². The molecule has 24 heavy (non-hydrogen) atoms. The highest BCUT2D eigenvalue weighted by Crippen LogP contribution is 2.31. The summed E-state index contributed by atoms with van der Waals surface area (Å²) in [5.74, 6) is 0.612. The largest absolute Gasteiger partial charge is 0.435 e. The van der Waals surface area contributed by atoms with Crippen molar-refractivity contribution in [2.24, 2.45) is 0 Å². The molecule has 1 aliphatic heterocycles. The number of oxazole rings is 1. The number of hydrogen-bond donors (Lipinski definition) is 1. The Kier molecular flexibility index (Phi) is 4.97. The van der Waals surface area contributed by atoms with Gasteiger partial charge in [0.05, 0.1) is 24.9 Å². The predicted molar refractivity (Wildman–Crippen MR) is 87.7 cm³/mol. The normalized spacial score (nSPS) is 21.0. The Hall–Kier alpha value is -2.18. The summed E-state index contributed by atoms with van der Waals surface area (Å²) in [6.07, 6.45) is 0.178. The van der Waals surface area contributed by atoms with Crippen molar-refractivity contribution in [2.75, 3.05) is 19.8 Å². The Bertz CT molecular complexity index is 698. The van der Waals surface area contributed by atoms with Gasteiger partial charge in [0.1, 0.15) is 6.10 Å². The molecule has 2 heterocycles. The van der Waals surface area contributed by atoms with Crippen molar-refractivity contribution >= 4 is 5.91 Å². The summed E-state index contributed by atoms with van der Waals surface area (Å²) in [6, 6.07) is 9.26. The van der Waals surface area contributed by atoms with Gasteiger partial charge in [-0.2, -0.15) is 0 Å². The van der Waals surface area contributed by atoms with E-state index in [2.05, 4.69) is 4.98 Å². The minimum atomic E-state index is -0.459. The molecular weight excluding hydrogens is 308 g/mol. The van der Waals surface area contributed by atoms with Gasteiger partial charge in [-0.25, -0.2) is 4.98 Å². The molecule has 6 heteroatoms. The Morgan fingerprint density at radius 2 is 2.12 bits per heavy atom. The van der Waals surface area contributed by atoms with E-state index in [1.165, 1.54) is 0 Å². The van der Waals surface area contributed by atoms with E-state index in [9.17, 15) is 9.90 Å². The molecule has 1 saturated heterocycles. The number of aliphatic hydroxyl groups is 1. The van der Waals surface area contributed by atoms with Crippen LogP contribution >= 0.6 is 0 Å². The van der Waals surface area contributed by atoms with E-state index in [0.717, 1.165) is 5.56 Å². The predicted octanol–water partition coefficient (Wildman–Crippen LogP) is 2.12. The average Bonchev–Trinajstić information content (AvgIpc) is 3.02. The second kappa shape index (κ2) is 7.15. The molecule has 0 radical (unpaired) electrons. The smallest absolute Gasteiger partial charge is 0.292 e. The van der Waals surface area contributed by atoms with Crippen LogP contribution in [0.4, 0.5) is 0 Å². The van der Waals surface area contributed by atoms with Crippen molar-refractivity contribution in [3.63, 3.8) is 0 Å². The number of benzene rings is 1. The minimum Gasteiger partial charge on any atom is -0.435 e. The maximum absolute atomic E-state index is 13.1. The number of aryl methyl sites for hydroxylation is 2. The maximum Gasteiger partial charge on any atom is 0.292 e. The van der Waals surface area contributed by atoms with Crippen molar-refractivity contribution in [3.05, 3.63) is 53.2 Å². The van der Waals surface area contributed by atoms with Crippen LogP contribution in [0.25, 0.3) is 0 Å². The van der Waals surface area contributed by atoms with Crippen molar-refractivity contribution in [2.45, 2.75) is 32.4 Å². The molecule has 0 saturated carbocycles. The number of rotatable bonds is 4. The summed E-state index contributed by atoms with van der Waals surface area (Å²) in [5.41, 5.74) is 1.52. The molecule has 1 aromatic heterocycles. The molecule has 0 spiro atoms. The number of carbonyl (C=O) groups is 1. The summed E-state index contributed by atoms with van der Waals surface area (Å²) < 4.78 is 11.3. The van der Waals surface area contributed by atoms with Crippen LogP contribution < -0.4 is 0 Å². The van der Waals surface area contributed by atoms with Crippen LogP contribution in [0.2, 0.25) is 0 Å². The number of nitrogens with zero attached hydrogens (tertiary/aromatic N) is 2. The molecule has 1 N–H and O–H groups in total. The fourth-order valence-electron chi connectivity index (χ4n) is 3.09. The molecule has 1 fully saturated rings. The van der Waals surface area contributed by atoms with Gasteiger partial charge in [-0.1, -0.05) is 37.3 Å². The zero-order valence-corrected chi connectivity index (χ0v) is 13.9. The second-order valence-corrected chi connectivity index (χ2v) is 5.82. The molecule has 0 aliphatic carbocycles. The number of hydrogen-bond acceptors (Lipinski definition) is 5. The third-order valence-corrected chi connectivity index (χ3v) is 4.27. The first kappa shape index (κ1) is 16.7. The zero-order valence-electron chi connectivity index (χ0n) is 13.9. The zero-order chi connectivity index (χ0) is 17.1. The summed E-state index contributed by atoms with van der Waals surface area (Å²) in [4.78, 5) is 19.1. The summed E-state index contributed by atoms with van der Waals surface area (Å²) >= 11 is 0. The van der Waals surface area contributed by atoms with Crippen molar-refractivity contribution in [1.29, 1.82) is 0 Å². The minimum absolute atomic E-state index is 0.154. The number of carbonyl (C=O) groups excluding carboxylic acids is 1. The first-order valence-electron chi connectivity index (χ1n) is 8.20. The third kappa shape index (κ3) is 3.07. The van der Waals surface area contributed by atoms with Gasteiger partial charge >= 0.3 is 0 Å². The van der Waals surface area contributed by atoms with Crippen LogP contribution in [-0.2, 0) is 11.2 Å². The van der Waals surface area contributed by atoms with Gasteiger partial charge in [-0.3, -0.25) is 4.79 Å². The molecule has 0 bridgehead atoms. The van der Waals surface area contributed by atoms with Gasteiger partial charge in [0.25, 0.3) is 5.91 Å². The van der Waals surface area contributed by atoms with Crippen molar-refractivity contribution in [3.8, 4) is 0 Å². The van der Waals surface area contributed by atoms with E-state index in [4.69, 9.17) is 9.15 Å². The molecule has 2 aromatic rings. The van der Waals surface area contributed by atoms with E-state index < -0.39 is 6.10 Å². The highest BCUT2D eigenvalue weighted by atomic mass is 16.5. The molecule has 6 nitrogen and oxygen atoms in total. The van der Waals surface area contributed by atoms with E-state index >= 15 is 0 Å². The highest BCUT2D eigenvalue weighted by molar-refractivity contribution is 5.93. The van der Waals surface area contributed by atoms with E-state index in [0.29, 0.717) is 31.2 Å². The third-order valence-electron chi connectivity index (χ3n) is 4.27. The fourth-order valence-corrected chi connectivity index (χ4v) is 3.09. The number of aliphatic hydroxyl groups excluding tert-OH is 1. The van der Waals surface area contributed by atoms with Crippen LogP contribution in [-0.4, -0.2) is 46.8 Å². The molecule has 3 rings (SSSR count). The maximum atomic E-state index is 13.1. The second-order valence-electron chi connectivity index (χ2n) is 5.82. The average molecular weight is 330 g/mol. The SMILES string of the molecule is CCc1nc(C)c(C(=O)N2CCO[C@H](CO)[C@H]2c2ccccc2)o1. The Balaban J connectivity index is 1.96. The summed E-state index contributed by atoms with van der Waals surface area (Å²) in [5, 5.41) is 9.69. The highest BCUT2D eigenvalue weighted by Gasteiger charge is 2.38. The number of morpholine rings is 1. The molecule has 1 aliphatic rings. The molecule has 1 aromatic carbocycles. The van der Waals surface area contributed by atoms with Gasteiger partial charge in [0.2, 0.25) is 5.76 Å². The van der Waals surface area contributed by atoms with Crippen LogP contribution in [0.1, 0.15) is 40.7 Å². The molecule has 2 atom stereocenters. The lowest BCUT2D eigenvalue weighted by Crippen LogP contribution is -2.49. The topological polar surface area (TPSA) is 75.8 Å². The first-order valence-corrected chi connectivity index (χ1v) is 8.20. The van der Waals surface area contributed by atoms with E-state index in [1.807, 2.05) is 37.3 Å². The van der Waals surface area contributed by atoms with Crippen LogP contribution in [0.15, 0.2) is 34.7 Å². The number of aromatic nitrogens is 1. The lowest BCUT2D eigenvalue weighted by atomic mass is 9.98. The summed E-state index contributed by atoms with van der Waals surface area (Å²) in [7, 11) is 0. The molecule has 0 unspecified atom stereocenters. The molecular formula is C18H22N2O4. The van der Waals surface area contributed by atoms with Crippen molar-refractivity contribution < 1.29 is 19.1 Å². The lowest BCUT2D eigenvalue weighted by molar-refractivity contribution is -0.0817. The Morgan fingerprint density at radius 3 is 2.75 bits per heavy atom. The first-order chi connectivity index (χ1) is 11.7. The van der Waals surface area contributed by atoms with Gasteiger partial charge in [-0.15, -0.1) is 0 Å². The van der Waals surface area contributed by atoms with Gasteiger partial charge in [0, 0.05) is 13.0 Å². The Morgan fingerprint density at radius 1 is 1.38 bits per heavy atom.